The number of aryl methyl sites for hydroxylation is 1. The van der Waals surface area contributed by atoms with Gasteiger partial charge in [-0.2, -0.15) is 0 Å². The van der Waals surface area contributed by atoms with Gasteiger partial charge in [-0.25, -0.2) is 0 Å². The van der Waals surface area contributed by atoms with E-state index in [1.54, 1.807) is 0 Å². The first kappa shape index (κ1) is 10.8. The highest BCUT2D eigenvalue weighted by Gasteiger charge is 1.99. The lowest BCUT2D eigenvalue weighted by Gasteiger charge is -2.11. The average Bonchev–Trinajstić information content (AvgIpc) is 2.25. The van der Waals surface area contributed by atoms with Crippen LogP contribution in [0, 0.1) is 12.3 Å². The van der Waals surface area contributed by atoms with E-state index in [4.69, 9.17) is 6.42 Å². The zero-order chi connectivity index (χ0) is 10.2. The van der Waals surface area contributed by atoms with E-state index in [0.717, 1.165) is 12.8 Å². The first-order chi connectivity index (χ1) is 6.83. The number of hydrogen-bond acceptors (Lipinski definition) is 1. The lowest BCUT2D eigenvalue weighted by molar-refractivity contribution is 0.546. The number of terminal acetylenes is 1. The van der Waals surface area contributed by atoms with Crippen molar-refractivity contribution >= 4 is 0 Å². The average molecular weight is 187 g/mol. The quantitative estimate of drug-likeness (QED) is 0.697. The van der Waals surface area contributed by atoms with Crippen LogP contribution in [0.15, 0.2) is 30.3 Å². The number of rotatable bonds is 5. The van der Waals surface area contributed by atoms with E-state index in [1.807, 2.05) is 6.07 Å². The maximum atomic E-state index is 5.17. The summed E-state index contributed by atoms with van der Waals surface area (Å²) in [5, 5.41) is 3.27. The third-order valence-corrected chi connectivity index (χ3v) is 2.26. The Morgan fingerprint density at radius 3 is 2.71 bits per heavy atom. The van der Waals surface area contributed by atoms with Gasteiger partial charge in [0.2, 0.25) is 0 Å². The van der Waals surface area contributed by atoms with Gasteiger partial charge in [0.05, 0.1) is 6.54 Å². The molecule has 0 bridgehead atoms. The van der Waals surface area contributed by atoms with Crippen molar-refractivity contribution in [2.24, 2.45) is 0 Å². The number of benzene rings is 1. The van der Waals surface area contributed by atoms with Gasteiger partial charge in [0.1, 0.15) is 0 Å². The highest BCUT2D eigenvalue weighted by atomic mass is 14.9. The Morgan fingerprint density at radius 2 is 2.07 bits per heavy atom. The SMILES string of the molecule is C#CCNC(C)CCc1ccccc1. The summed E-state index contributed by atoms with van der Waals surface area (Å²) < 4.78 is 0. The van der Waals surface area contributed by atoms with E-state index in [2.05, 4.69) is 42.4 Å². The third-order valence-electron chi connectivity index (χ3n) is 2.26. The summed E-state index contributed by atoms with van der Waals surface area (Å²) in [6, 6.07) is 11.0. The van der Waals surface area contributed by atoms with Crippen LogP contribution in [0.4, 0.5) is 0 Å². The molecule has 0 aliphatic carbocycles. The molecule has 1 heteroatoms. The highest BCUT2D eigenvalue weighted by Crippen LogP contribution is 2.04. The van der Waals surface area contributed by atoms with Crippen LogP contribution in [0.1, 0.15) is 18.9 Å². The minimum absolute atomic E-state index is 0.492. The van der Waals surface area contributed by atoms with Crippen molar-refractivity contribution in [1.82, 2.24) is 5.32 Å². The predicted octanol–water partition coefficient (Wildman–Crippen LogP) is 2.23. The molecule has 0 aromatic heterocycles. The first-order valence-electron chi connectivity index (χ1n) is 5.03. The second-order valence-electron chi connectivity index (χ2n) is 3.51. The minimum atomic E-state index is 0.492. The van der Waals surface area contributed by atoms with Crippen molar-refractivity contribution in [1.29, 1.82) is 0 Å². The number of hydrogen-bond donors (Lipinski definition) is 1. The predicted molar refractivity (Wildman–Crippen MR) is 61.1 cm³/mol. The Balaban J connectivity index is 2.24. The molecule has 0 spiro atoms. The fourth-order valence-electron chi connectivity index (χ4n) is 1.36. The van der Waals surface area contributed by atoms with Gasteiger partial charge in [-0.05, 0) is 25.3 Å². The van der Waals surface area contributed by atoms with E-state index < -0.39 is 0 Å². The van der Waals surface area contributed by atoms with Crippen LogP contribution in [-0.4, -0.2) is 12.6 Å². The second kappa shape index (κ2) is 6.23. The van der Waals surface area contributed by atoms with Crippen LogP contribution in [0.3, 0.4) is 0 Å². The maximum absolute atomic E-state index is 5.17. The minimum Gasteiger partial charge on any atom is -0.304 e. The van der Waals surface area contributed by atoms with E-state index >= 15 is 0 Å². The molecular weight excluding hydrogens is 170 g/mol. The summed E-state index contributed by atoms with van der Waals surface area (Å²) in [4.78, 5) is 0. The maximum Gasteiger partial charge on any atom is 0.0575 e. The lowest BCUT2D eigenvalue weighted by Crippen LogP contribution is -2.26. The van der Waals surface area contributed by atoms with E-state index in [9.17, 15) is 0 Å². The van der Waals surface area contributed by atoms with E-state index in [1.165, 1.54) is 5.56 Å². The van der Waals surface area contributed by atoms with Gasteiger partial charge in [0, 0.05) is 6.04 Å². The van der Waals surface area contributed by atoms with Gasteiger partial charge in [0.25, 0.3) is 0 Å². The summed E-state index contributed by atoms with van der Waals surface area (Å²) in [5.74, 6) is 2.59. The van der Waals surface area contributed by atoms with Crippen LogP contribution in [0.2, 0.25) is 0 Å². The van der Waals surface area contributed by atoms with E-state index in [-0.39, 0.29) is 0 Å². The van der Waals surface area contributed by atoms with Crippen LogP contribution >= 0.6 is 0 Å². The van der Waals surface area contributed by atoms with Gasteiger partial charge in [-0.3, -0.25) is 0 Å². The van der Waals surface area contributed by atoms with Crippen molar-refractivity contribution in [3.8, 4) is 12.3 Å². The molecule has 1 aromatic rings. The summed E-state index contributed by atoms with van der Waals surface area (Å²) in [6.07, 6.45) is 7.41. The molecule has 1 unspecified atom stereocenters. The second-order valence-corrected chi connectivity index (χ2v) is 3.51. The molecule has 0 aliphatic rings. The van der Waals surface area contributed by atoms with Crippen LogP contribution in [0.5, 0.6) is 0 Å². The van der Waals surface area contributed by atoms with Crippen LogP contribution < -0.4 is 5.32 Å². The Hall–Kier alpha value is -1.26. The molecule has 14 heavy (non-hydrogen) atoms. The molecule has 0 amide bonds. The Morgan fingerprint density at radius 1 is 1.36 bits per heavy atom. The molecule has 1 atom stereocenters. The molecule has 0 fully saturated rings. The first-order valence-corrected chi connectivity index (χ1v) is 5.03. The van der Waals surface area contributed by atoms with Gasteiger partial charge < -0.3 is 5.32 Å². The Labute approximate surface area is 86.5 Å². The van der Waals surface area contributed by atoms with E-state index in [0.29, 0.717) is 12.6 Å². The molecule has 1 N–H and O–H groups in total. The normalized spacial score (nSPS) is 12.0. The number of nitrogens with one attached hydrogen (secondary N) is 1. The van der Waals surface area contributed by atoms with Crippen LogP contribution in [0.25, 0.3) is 0 Å². The fraction of sp³-hybridized carbons (Fsp3) is 0.385. The van der Waals surface area contributed by atoms with Crippen molar-refractivity contribution in [2.75, 3.05) is 6.54 Å². The molecule has 0 heterocycles. The summed E-state index contributed by atoms with van der Waals surface area (Å²) in [6.45, 7) is 2.83. The lowest BCUT2D eigenvalue weighted by atomic mass is 10.1. The molecule has 1 rings (SSSR count). The molecule has 1 nitrogen and oxygen atoms in total. The van der Waals surface area contributed by atoms with Gasteiger partial charge in [-0.1, -0.05) is 36.3 Å². The third kappa shape index (κ3) is 4.11. The summed E-state index contributed by atoms with van der Waals surface area (Å²) in [5.41, 5.74) is 1.39. The zero-order valence-corrected chi connectivity index (χ0v) is 8.66. The Bertz CT molecular complexity index is 284. The smallest absolute Gasteiger partial charge is 0.0575 e. The Kier molecular flexibility index (Phi) is 4.82. The summed E-state index contributed by atoms with van der Waals surface area (Å²) >= 11 is 0. The standard InChI is InChI=1S/C13H17N/c1-3-11-14-12(2)9-10-13-7-5-4-6-8-13/h1,4-8,12,14H,9-11H2,2H3. The van der Waals surface area contributed by atoms with Crippen molar-refractivity contribution in [2.45, 2.75) is 25.8 Å². The molecule has 0 saturated carbocycles. The van der Waals surface area contributed by atoms with Crippen molar-refractivity contribution in [3.63, 3.8) is 0 Å². The van der Waals surface area contributed by atoms with Gasteiger partial charge in [-0.15, -0.1) is 6.42 Å². The molecular formula is C13H17N. The molecule has 0 aliphatic heterocycles. The highest BCUT2D eigenvalue weighted by molar-refractivity contribution is 5.14. The van der Waals surface area contributed by atoms with Crippen molar-refractivity contribution < 1.29 is 0 Å². The van der Waals surface area contributed by atoms with Crippen LogP contribution in [-0.2, 0) is 6.42 Å². The molecule has 1 aromatic carbocycles. The molecule has 0 saturated heterocycles. The summed E-state index contributed by atoms with van der Waals surface area (Å²) in [7, 11) is 0. The largest absolute Gasteiger partial charge is 0.304 e. The monoisotopic (exact) mass is 187 g/mol. The fourth-order valence-corrected chi connectivity index (χ4v) is 1.36. The molecule has 74 valence electrons. The van der Waals surface area contributed by atoms with Gasteiger partial charge in [0.15, 0.2) is 0 Å². The topological polar surface area (TPSA) is 12.0 Å². The molecule has 0 radical (unpaired) electrons. The van der Waals surface area contributed by atoms with Gasteiger partial charge >= 0.3 is 0 Å². The zero-order valence-electron chi connectivity index (χ0n) is 8.66. The van der Waals surface area contributed by atoms with Crippen molar-refractivity contribution in [3.05, 3.63) is 35.9 Å².